The van der Waals surface area contributed by atoms with Crippen LogP contribution in [0.4, 0.5) is 0 Å². The summed E-state index contributed by atoms with van der Waals surface area (Å²) in [4.78, 5) is 0. The predicted octanol–water partition coefficient (Wildman–Crippen LogP) is 4.32. The lowest BCUT2D eigenvalue weighted by molar-refractivity contribution is 0.150. The lowest BCUT2D eigenvalue weighted by Crippen LogP contribution is -2.17. The number of H-pyrrole nitrogens is 1. The molecule has 120 valence electrons. The van der Waals surface area contributed by atoms with E-state index < -0.39 is 0 Å². The molecular formula is C16H29N3OS. The third-order valence-corrected chi connectivity index (χ3v) is 4.85. The van der Waals surface area contributed by atoms with E-state index in [4.69, 9.17) is 12.2 Å². The first kappa shape index (κ1) is 16.7. The van der Waals surface area contributed by atoms with Crippen LogP contribution in [0.2, 0.25) is 0 Å². The number of nitrogens with one attached hydrogen (secondary N) is 1. The van der Waals surface area contributed by atoms with Crippen LogP contribution in [-0.2, 0) is 6.42 Å². The number of aliphatic hydroxyl groups excluding tert-OH is 1. The van der Waals surface area contributed by atoms with Gasteiger partial charge in [0.05, 0.1) is 6.10 Å². The van der Waals surface area contributed by atoms with E-state index in [0.29, 0.717) is 6.04 Å². The highest BCUT2D eigenvalue weighted by molar-refractivity contribution is 7.71. The van der Waals surface area contributed by atoms with Gasteiger partial charge in [-0.2, -0.15) is 5.10 Å². The first-order valence-electron chi connectivity index (χ1n) is 8.56. The van der Waals surface area contributed by atoms with Crippen molar-refractivity contribution in [3.63, 3.8) is 0 Å². The van der Waals surface area contributed by atoms with Crippen molar-refractivity contribution in [2.75, 3.05) is 0 Å². The molecular weight excluding hydrogens is 282 g/mol. The molecule has 1 aromatic rings. The summed E-state index contributed by atoms with van der Waals surface area (Å²) in [6.45, 7) is 2.19. The van der Waals surface area contributed by atoms with Crippen molar-refractivity contribution in [1.29, 1.82) is 0 Å². The number of aryl methyl sites for hydroxylation is 1. The molecule has 0 spiro atoms. The van der Waals surface area contributed by atoms with E-state index in [-0.39, 0.29) is 6.10 Å². The quantitative estimate of drug-likeness (QED) is 0.555. The fraction of sp³-hybridized carbons (Fsp3) is 0.875. The smallest absolute Gasteiger partial charge is 0.195 e. The second-order valence-corrected chi connectivity index (χ2v) is 6.68. The lowest BCUT2D eigenvalue weighted by Gasteiger charge is -2.24. The van der Waals surface area contributed by atoms with Gasteiger partial charge in [-0.15, -0.1) is 0 Å². The molecule has 0 saturated heterocycles. The van der Waals surface area contributed by atoms with Crippen molar-refractivity contribution in [1.82, 2.24) is 14.8 Å². The number of aromatic nitrogens is 3. The molecule has 0 radical (unpaired) electrons. The minimum absolute atomic E-state index is 0.207. The summed E-state index contributed by atoms with van der Waals surface area (Å²) in [6.07, 6.45) is 12.2. The number of aromatic amines is 1. The zero-order chi connectivity index (χ0) is 15.1. The third-order valence-electron chi connectivity index (χ3n) is 4.56. The molecule has 0 aliphatic heterocycles. The number of unbranched alkanes of at least 4 members (excludes halogenated alkanes) is 2. The molecule has 1 atom stereocenters. The van der Waals surface area contributed by atoms with E-state index in [1.54, 1.807) is 0 Å². The minimum atomic E-state index is -0.207. The monoisotopic (exact) mass is 311 g/mol. The molecule has 0 bridgehead atoms. The van der Waals surface area contributed by atoms with E-state index >= 15 is 0 Å². The van der Waals surface area contributed by atoms with Crippen LogP contribution in [0.25, 0.3) is 0 Å². The summed E-state index contributed by atoms with van der Waals surface area (Å²) in [5, 5.41) is 17.4. The Hall–Kier alpha value is -0.680. The van der Waals surface area contributed by atoms with Gasteiger partial charge in [0.25, 0.3) is 0 Å². The Labute approximate surface area is 133 Å². The molecule has 5 heteroatoms. The maximum atomic E-state index is 10.1. The second-order valence-electron chi connectivity index (χ2n) is 6.30. The van der Waals surface area contributed by atoms with Gasteiger partial charge in [-0.3, -0.25) is 5.10 Å². The van der Waals surface area contributed by atoms with Crippen molar-refractivity contribution in [2.24, 2.45) is 0 Å². The van der Waals surface area contributed by atoms with Crippen molar-refractivity contribution in [2.45, 2.75) is 89.7 Å². The summed E-state index contributed by atoms with van der Waals surface area (Å²) < 4.78 is 2.96. The van der Waals surface area contributed by atoms with E-state index in [9.17, 15) is 5.11 Å². The SMILES string of the molecule is CCCCC[C@@H](O)CCc1n[nH]c(=S)n1C1CCCCC1. The molecule has 1 fully saturated rings. The molecule has 1 aromatic heterocycles. The van der Waals surface area contributed by atoms with Crippen molar-refractivity contribution in [3.8, 4) is 0 Å². The standard InChI is InChI=1S/C16H29N3OS/c1-2-3-5-10-14(20)11-12-15-17-18-16(21)19(15)13-8-6-4-7-9-13/h13-14,20H,2-12H2,1H3,(H,18,21)/t14-/m1/s1. The molecule has 0 aromatic carbocycles. The largest absolute Gasteiger partial charge is 0.393 e. The second kappa shape index (κ2) is 8.69. The summed E-state index contributed by atoms with van der Waals surface area (Å²) in [7, 11) is 0. The maximum Gasteiger partial charge on any atom is 0.195 e. The average Bonchev–Trinajstić information content (AvgIpc) is 2.87. The van der Waals surface area contributed by atoms with Gasteiger partial charge in [-0.1, -0.05) is 45.4 Å². The van der Waals surface area contributed by atoms with Crippen LogP contribution in [-0.4, -0.2) is 26.0 Å². The molecule has 1 aliphatic rings. The predicted molar refractivity (Wildman–Crippen MR) is 88.0 cm³/mol. The summed E-state index contributed by atoms with van der Waals surface area (Å²) >= 11 is 5.40. The molecule has 1 aliphatic carbocycles. The number of nitrogens with zero attached hydrogens (tertiary/aromatic N) is 2. The molecule has 21 heavy (non-hydrogen) atoms. The Balaban J connectivity index is 1.89. The number of hydrogen-bond acceptors (Lipinski definition) is 3. The van der Waals surface area contributed by atoms with Crippen LogP contribution < -0.4 is 0 Å². The lowest BCUT2D eigenvalue weighted by atomic mass is 9.95. The van der Waals surface area contributed by atoms with Crippen LogP contribution in [0, 0.1) is 4.77 Å². The number of aliphatic hydroxyl groups is 1. The highest BCUT2D eigenvalue weighted by Crippen LogP contribution is 2.29. The molecule has 0 amide bonds. The topological polar surface area (TPSA) is 53.8 Å². The van der Waals surface area contributed by atoms with Crippen molar-refractivity contribution >= 4 is 12.2 Å². The number of hydrogen-bond donors (Lipinski definition) is 2. The van der Waals surface area contributed by atoms with Crippen LogP contribution in [0.1, 0.15) is 83.0 Å². The van der Waals surface area contributed by atoms with Gasteiger partial charge in [0.15, 0.2) is 4.77 Å². The van der Waals surface area contributed by atoms with Gasteiger partial charge in [-0.25, -0.2) is 0 Å². The third kappa shape index (κ3) is 4.92. The van der Waals surface area contributed by atoms with Gasteiger partial charge in [0, 0.05) is 12.5 Å². The zero-order valence-corrected chi connectivity index (χ0v) is 14.0. The van der Waals surface area contributed by atoms with Crippen LogP contribution in [0.3, 0.4) is 0 Å². The fourth-order valence-corrected chi connectivity index (χ4v) is 3.60. The van der Waals surface area contributed by atoms with E-state index in [2.05, 4.69) is 21.7 Å². The normalized spacial score (nSPS) is 18.0. The van der Waals surface area contributed by atoms with Crippen LogP contribution in [0.15, 0.2) is 0 Å². The Morgan fingerprint density at radius 2 is 2.05 bits per heavy atom. The van der Waals surface area contributed by atoms with Gasteiger partial charge < -0.3 is 9.67 Å². The fourth-order valence-electron chi connectivity index (χ4n) is 3.30. The molecule has 2 rings (SSSR count). The molecule has 4 nitrogen and oxygen atoms in total. The zero-order valence-electron chi connectivity index (χ0n) is 13.2. The molecule has 1 heterocycles. The average molecular weight is 311 g/mol. The molecule has 2 N–H and O–H groups in total. The Morgan fingerprint density at radius 1 is 1.29 bits per heavy atom. The van der Waals surface area contributed by atoms with E-state index in [0.717, 1.165) is 36.3 Å². The number of rotatable bonds is 8. The maximum absolute atomic E-state index is 10.1. The summed E-state index contributed by atoms with van der Waals surface area (Å²) in [5.41, 5.74) is 0. The van der Waals surface area contributed by atoms with E-state index in [1.165, 1.54) is 44.9 Å². The van der Waals surface area contributed by atoms with Gasteiger partial charge in [-0.05, 0) is 37.9 Å². The van der Waals surface area contributed by atoms with Gasteiger partial charge >= 0.3 is 0 Å². The molecule has 0 unspecified atom stereocenters. The molecule has 1 saturated carbocycles. The first-order valence-corrected chi connectivity index (χ1v) is 8.97. The minimum Gasteiger partial charge on any atom is -0.393 e. The van der Waals surface area contributed by atoms with Crippen molar-refractivity contribution in [3.05, 3.63) is 10.6 Å². The highest BCUT2D eigenvalue weighted by atomic mass is 32.1. The van der Waals surface area contributed by atoms with Crippen LogP contribution >= 0.6 is 12.2 Å². The first-order chi connectivity index (χ1) is 10.2. The van der Waals surface area contributed by atoms with Crippen molar-refractivity contribution < 1.29 is 5.11 Å². The van der Waals surface area contributed by atoms with E-state index in [1.807, 2.05) is 0 Å². The highest BCUT2D eigenvalue weighted by Gasteiger charge is 2.20. The Bertz CT molecular complexity index is 462. The summed E-state index contributed by atoms with van der Waals surface area (Å²) in [6, 6.07) is 0.511. The van der Waals surface area contributed by atoms with Gasteiger partial charge in [0.2, 0.25) is 0 Å². The summed E-state index contributed by atoms with van der Waals surface area (Å²) in [5.74, 6) is 1.03. The Morgan fingerprint density at radius 3 is 2.76 bits per heavy atom. The van der Waals surface area contributed by atoms with Crippen LogP contribution in [0.5, 0.6) is 0 Å². The van der Waals surface area contributed by atoms with Gasteiger partial charge in [0.1, 0.15) is 5.82 Å². The Kier molecular flexibility index (Phi) is 6.90.